The maximum Gasteiger partial charge on any atom is 0.161 e. The van der Waals surface area contributed by atoms with Crippen molar-refractivity contribution in [1.82, 2.24) is 9.97 Å². The SMILES string of the molecule is c1ccc(-c2cccc(-c3cc(-c4ccccc4)nc(-c4cccc5c4-c4ccccc4C54c5ccccc5-c5ccc6ccccc6c54)n3)c2)cc1. The maximum absolute atomic E-state index is 5.43. The largest absolute Gasteiger partial charge is 0.228 e. The Hall–Kier alpha value is -6.90. The van der Waals surface area contributed by atoms with Crippen molar-refractivity contribution < 1.29 is 0 Å². The molecule has 9 aromatic rings. The first kappa shape index (κ1) is 29.8. The summed E-state index contributed by atoms with van der Waals surface area (Å²) in [5, 5.41) is 2.54. The van der Waals surface area contributed by atoms with E-state index in [0.717, 1.165) is 39.5 Å². The van der Waals surface area contributed by atoms with Gasteiger partial charge in [-0.3, -0.25) is 0 Å². The summed E-state index contributed by atoms with van der Waals surface area (Å²) < 4.78 is 0. The van der Waals surface area contributed by atoms with E-state index in [1.165, 1.54) is 60.8 Å². The van der Waals surface area contributed by atoms with Gasteiger partial charge in [-0.2, -0.15) is 0 Å². The van der Waals surface area contributed by atoms with Gasteiger partial charge in [-0.15, -0.1) is 0 Å². The minimum absolute atomic E-state index is 0.487. The Bertz CT molecular complexity index is 2890. The molecule has 53 heavy (non-hydrogen) atoms. The van der Waals surface area contributed by atoms with E-state index < -0.39 is 5.41 Å². The van der Waals surface area contributed by atoms with E-state index >= 15 is 0 Å². The van der Waals surface area contributed by atoms with E-state index in [1.807, 2.05) is 0 Å². The van der Waals surface area contributed by atoms with Crippen molar-refractivity contribution in [2.45, 2.75) is 5.41 Å². The number of aromatic nitrogens is 2. The summed E-state index contributed by atoms with van der Waals surface area (Å²) >= 11 is 0. The molecule has 0 N–H and O–H groups in total. The van der Waals surface area contributed by atoms with Crippen molar-refractivity contribution in [3.8, 4) is 67.3 Å². The van der Waals surface area contributed by atoms with Crippen molar-refractivity contribution in [2.24, 2.45) is 0 Å². The second-order valence-corrected chi connectivity index (χ2v) is 14.1. The molecule has 2 nitrogen and oxygen atoms in total. The molecule has 1 unspecified atom stereocenters. The van der Waals surface area contributed by atoms with Crippen LogP contribution in [-0.2, 0) is 5.41 Å². The molecule has 0 bridgehead atoms. The molecule has 0 saturated carbocycles. The van der Waals surface area contributed by atoms with E-state index in [1.54, 1.807) is 0 Å². The fourth-order valence-corrected chi connectivity index (χ4v) is 9.11. The van der Waals surface area contributed by atoms with Gasteiger partial charge in [0.1, 0.15) is 0 Å². The zero-order valence-electron chi connectivity index (χ0n) is 28.9. The lowest BCUT2D eigenvalue weighted by atomic mass is 9.69. The molecule has 1 heterocycles. The summed E-state index contributed by atoms with van der Waals surface area (Å²) in [6.07, 6.45) is 0. The summed E-state index contributed by atoms with van der Waals surface area (Å²) in [4.78, 5) is 10.8. The number of benzene rings is 8. The molecule has 2 aliphatic carbocycles. The lowest BCUT2D eigenvalue weighted by Gasteiger charge is -2.31. The Labute approximate surface area is 308 Å². The molecule has 1 spiro atoms. The fourth-order valence-electron chi connectivity index (χ4n) is 9.11. The number of rotatable bonds is 4. The van der Waals surface area contributed by atoms with Crippen LogP contribution in [0.5, 0.6) is 0 Å². The van der Waals surface area contributed by atoms with Crippen LogP contribution in [0.2, 0.25) is 0 Å². The zero-order valence-corrected chi connectivity index (χ0v) is 28.9. The second kappa shape index (κ2) is 11.6. The third kappa shape index (κ3) is 4.33. The Morgan fingerprint density at radius 2 is 0.906 bits per heavy atom. The molecule has 246 valence electrons. The minimum atomic E-state index is -0.487. The normalized spacial score (nSPS) is 14.9. The van der Waals surface area contributed by atoms with Crippen LogP contribution in [0, 0.1) is 0 Å². The third-order valence-electron chi connectivity index (χ3n) is 11.3. The summed E-state index contributed by atoms with van der Waals surface area (Å²) in [7, 11) is 0. The van der Waals surface area contributed by atoms with E-state index in [2.05, 4.69) is 194 Å². The number of hydrogen-bond donors (Lipinski definition) is 0. The van der Waals surface area contributed by atoms with Gasteiger partial charge < -0.3 is 0 Å². The molecule has 0 amide bonds. The summed E-state index contributed by atoms with van der Waals surface area (Å²) in [5.74, 6) is 0.722. The summed E-state index contributed by atoms with van der Waals surface area (Å²) in [5.41, 5.74) is 17.1. The average Bonchev–Trinajstić information content (AvgIpc) is 3.72. The number of hydrogen-bond acceptors (Lipinski definition) is 2. The lowest BCUT2D eigenvalue weighted by molar-refractivity contribution is 0.801. The van der Waals surface area contributed by atoms with E-state index in [-0.39, 0.29) is 0 Å². The van der Waals surface area contributed by atoms with Gasteiger partial charge in [-0.1, -0.05) is 182 Å². The summed E-state index contributed by atoms with van der Waals surface area (Å²) in [6, 6.07) is 70.1. The molecule has 2 aliphatic rings. The maximum atomic E-state index is 5.43. The van der Waals surface area contributed by atoms with Gasteiger partial charge in [0.05, 0.1) is 16.8 Å². The van der Waals surface area contributed by atoms with Crippen molar-refractivity contribution in [1.29, 1.82) is 0 Å². The first-order valence-corrected chi connectivity index (χ1v) is 18.3. The van der Waals surface area contributed by atoms with Gasteiger partial charge >= 0.3 is 0 Å². The number of fused-ring (bicyclic) bond motifs is 12. The van der Waals surface area contributed by atoms with Gasteiger partial charge in [0.2, 0.25) is 0 Å². The van der Waals surface area contributed by atoms with Crippen LogP contribution < -0.4 is 0 Å². The number of nitrogens with zero attached hydrogens (tertiary/aromatic N) is 2. The van der Waals surface area contributed by atoms with E-state index in [4.69, 9.17) is 9.97 Å². The van der Waals surface area contributed by atoms with Gasteiger partial charge in [0.25, 0.3) is 0 Å². The predicted octanol–water partition coefficient (Wildman–Crippen LogP) is 12.6. The van der Waals surface area contributed by atoms with Gasteiger partial charge in [0, 0.05) is 16.7 Å². The van der Waals surface area contributed by atoms with Crippen molar-refractivity contribution >= 4 is 10.8 Å². The highest BCUT2D eigenvalue weighted by Gasteiger charge is 2.53. The molecular weight excluding hydrogens is 641 g/mol. The zero-order chi connectivity index (χ0) is 34.9. The molecule has 11 rings (SSSR count). The van der Waals surface area contributed by atoms with E-state index in [0.29, 0.717) is 0 Å². The lowest BCUT2D eigenvalue weighted by Crippen LogP contribution is -2.26. The molecule has 0 aliphatic heterocycles. The highest BCUT2D eigenvalue weighted by molar-refractivity contribution is 6.05. The molecule has 8 aromatic carbocycles. The first-order valence-electron chi connectivity index (χ1n) is 18.3. The van der Waals surface area contributed by atoms with E-state index in [9.17, 15) is 0 Å². The predicted molar refractivity (Wildman–Crippen MR) is 218 cm³/mol. The standard InChI is InChI=1S/C51H32N2/c1-3-15-33(16-4-1)36-20-13-21-37(31-36)47-32-46(35-18-5-2-6-19-35)52-50(53-47)42-25-14-28-45-48(42)41-24-10-12-27-44(41)51(45)43-26-11-9-23-39(43)40-30-29-34-17-7-8-22-38(34)49(40)51/h1-32H. The van der Waals surface area contributed by atoms with Crippen LogP contribution in [0.3, 0.4) is 0 Å². The second-order valence-electron chi connectivity index (χ2n) is 14.1. The topological polar surface area (TPSA) is 25.8 Å². The molecule has 0 radical (unpaired) electrons. The fraction of sp³-hybridized carbons (Fsp3) is 0.0196. The third-order valence-corrected chi connectivity index (χ3v) is 11.3. The molecule has 0 saturated heterocycles. The van der Waals surface area contributed by atoms with Crippen LogP contribution in [0.4, 0.5) is 0 Å². The van der Waals surface area contributed by atoms with Crippen molar-refractivity contribution in [2.75, 3.05) is 0 Å². The van der Waals surface area contributed by atoms with Crippen LogP contribution >= 0.6 is 0 Å². The van der Waals surface area contributed by atoms with Gasteiger partial charge in [-0.05, 0) is 78.5 Å². The summed E-state index contributed by atoms with van der Waals surface area (Å²) in [6.45, 7) is 0. The minimum Gasteiger partial charge on any atom is -0.228 e. The molecule has 2 heteroatoms. The Morgan fingerprint density at radius 1 is 0.340 bits per heavy atom. The van der Waals surface area contributed by atoms with Crippen LogP contribution in [0.15, 0.2) is 194 Å². The van der Waals surface area contributed by atoms with Crippen LogP contribution in [0.1, 0.15) is 22.3 Å². The van der Waals surface area contributed by atoms with Gasteiger partial charge in [0.15, 0.2) is 5.82 Å². The smallest absolute Gasteiger partial charge is 0.161 e. The molecular formula is C51H32N2. The molecule has 1 aromatic heterocycles. The van der Waals surface area contributed by atoms with Gasteiger partial charge in [-0.25, -0.2) is 9.97 Å². The quantitative estimate of drug-likeness (QED) is 0.186. The average molecular weight is 673 g/mol. The first-order chi connectivity index (χ1) is 26.3. The highest BCUT2D eigenvalue weighted by atomic mass is 14.9. The van der Waals surface area contributed by atoms with Crippen LogP contribution in [0.25, 0.3) is 78.1 Å². The highest BCUT2D eigenvalue weighted by Crippen LogP contribution is 2.65. The van der Waals surface area contributed by atoms with Crippen LogP contribution in [-0.4, -0.2) is 9.97 Å². The van der Waals surface area contributed by atoms with Crippen molar-refractivity contribution in [3.63, 3.8) is 0 Å². The Balaban J connectivity index is 1.20. The monoisotopic (exact) mass is 672 g/mol. The Kier molecular flexibility index (Phi) is 6.50. The molecule has 1 atom stereocenters. The Morgan fingerprint density at radius 3 is 1.72 bits per heavy atom. The molecule has 0 fully saturated rings. The van der Waals surface area contributed by atoms with Crippen molar-refractivity contribution in [3.05, 3.63) is 216 Å².